The average molecular weight is 450 g/mol. The molecule has 0 radical (unpaired) electrons. The molecule has 33 heavy (non-hydrogen) atoms. The number of benzene rings is 2. The van der Waals surface area contributed by atoms with Gasteiger partial charge in [0.1, 0.15) is 6.61 Å². The SMILES string of the molecule is O=C(NCC(O)CC(=O)N1CC2CC1C2C(=O)O)OCC1c2ccccc2-c2ccccc21. The molecule has 4 aliphatic rings. The van der Waals surface area contributed by atoms with E-state index in [1.807, 2.05) is 36.4 Å². The third-order valence-corrected chi connectivity index (χ3v) is 7.14. The topological polar surface area (TPSA) is 116 Å². The van der Waals surface area contributed by atoms with Gasteiger partial charge in [-0.05, 0) is 34.6 Å². The van der Waals surface area contributed by atoms with E-state index in [1.165, 1.54) is 0 Å². The molecule has 3 N–H and O–H groups in total. The maximum absolute atomic E-state index is 12.5. The first-order chi connectivity index (χ1) is 15.9. The number of ether oxygens (including phenoxy) is 1. The predicted octanol–water partition coefficient (Wildman–Crippen LogP) is 2.21. The van der Waals surface area contributed by atoms with Crippen molar-refractivity contribution in [3.05, 3.63) is 59.7 Å². The van der Waals surface area contributed by atoms with Gasteiger partial charge in [-0.2, -0.15) is 0 Å². The largest absolute Gasteiger partial charge is 0.481 e. The van der Waals surface area contributed by atoms with Crippen LogP contribution >= 0.6 is 0 Å². The van der Waals surface area contributed by atoms with Gasteiger partial charge in [0.25, 0.3) is 0 Å². The molecule has 172 valence electrons. The van der Waals surface area contributed by atoms with Crippen molar-refractivity contribution in [3.8, 4) is 11.1 Å². The molecule has 2 aliphatic carbocycles. The second kappa shape index (κ2) is 8.51. The number of nitrogens with zero attached hydrogens (tertiary/aromatic N) is 1. The second-order valence-electron chi connectivity index (χ2n) is 9.04. The number of aliphatic carboxylic acids is 1. The summed E-state index contributed by atoms with van der Waals surface area (Å²) in [5.41, 5.74) is 4.50. The molecule has 2 saturated heterocycles. The Labute approximate surface area is 191 Å². The standard InChI is InChI=1S/C25H26N2O6/c28-15(10-22(29)27-12-14-9-21(27)23(14)24(30)31)11-26-25(32)33-13-20-18-7-3-1-5-16(18)17-6-2-4-8-19(17)20/h1-8,14-15,20-21,23,28H,9-13H2,(H,26,32)(H,30,31). The number of fused-ring (bicyclic) bond motifs is 4. The lowest BCUT2D eigenvalue weighted by atomic mass is 9.74. The van der Waals surface area contributed by atoms with Crippen molar-refractivity contribution < 1.29 is 29.3 Å². The highest BCUT2D eigenvalue weighted by Crippen LogP contribution is 2.47. The van der Waals surface area contributed by atoms with Crippen LogP contribution in [0.3, 0.4) is 0 Å². The number of carbonyl (C=O) groups is 3. The monoisotopic (exact) mass is 450 g/mol. The summed E-state index contributed by atoms with van der Waals surface area (Å²) in [6.07, 6.45) is -1.19. The van der Waals surface area contributed by atoms with Gasteiger partial charge < -0.3 is 25.2 Å². The number of nitrogens with one attached hydrogen (secondary N) is 1. The van der Waals surface area contributed by atoms with E-state index >= 15 is 0 Å². The van der Waals surface area contributed by atoms with E-state index in [-0.39, 0.29) is 43.4 Å². The van der Waals surface area contributed by atoms with Crippen LogP contribution in [-0.2, 0) is 14.3 Å². The molecule has 4 unspecified atom stereocenters. The summed E-state index contributed by atoms with van der Waals surface area (Å²) in [6, 6.07) is 15.8. The molecule has 2 amide bonds. The highest BCUT2D eigenvalue weighted by atomic mass is 16.5. The maximum atomic E-state index is 12.5. The summed E-state index contributed by atoms with van der Waals surface area (Å²) >= 11 is 0. The number of aliphatic hydroxyl groups is 1. The summed E-state index contributed by atoms with van der Waals surface area (Å²) in [7, 11) is 0. The van der Waals surface area contributed by atoms with Crippen LogP contribution in [0.25, 0.3) is 11.1 Å². The predicted molar refractivity (Wildman–Crippen MR) is 118 cm³/mol. The van der Waals surface area contributed by atoms with Crippen molar-refractivity contribution in [2.75, 3.05) is 19.7 Å². The molecule has 8 nitrogen and oxygen atoms in total. The van der Waals surface area contributed by atoms with E-state index < -0.39 is 24.1 Å². The van der Waals surface area contributed by atoms with E-state index in [2.05, 4.69) is 17.4 Å². The van der Waals surface area contributed by atoms with Crippen LogP contribution in [0.2, 0.25) is 0 Å². The van der Waals surface area contributed by atoms with E-state index in [0.717, 1.165) is 22.3 Å². The van der Waals surface area contributed by atoms with Gasteiger partial charge >= 0.3 is 12.1 Å². The van der Waals surface area contributed by atoms with E-state index in [4.69, 9.17) is 4.74 Å². The molecule has 6 rings (SSSR count). The zero-order valence-electron chi connectivity index (χ0n) is 18.0. The Morgan fingerprint density at radius 3 is 2.30 bits per heavy atom. The highest BCUT2D eigenvalue weighted by Gasteiger charge is 2.57. The number of carbonyl (C=O) groups excluding carboxylic acids is 2. The van der Waals surface area contributed by atoms with E-state index in [9.17, 15) is 24.6 Å². The molecule has 2 aliphatic heterocycles. The Bertz CT molecular complexity index is 1060. The van der Waals surface area contributed by atoms with Crippen LogP contribution in [0.5, 0.6) is 0 Å². The van der Waals surface area contributed by atoms with Crippen LogP contribution < -0.4 is 5.32 Å². The van der Waals surface area contributed by atoms with Gasteiger partial charge in [0, 0.05) is 25.0 Å². The van der Waals surface area contributed by atoms with Gasteiger partial charge in [0.2, 0.25) is 5.91 Å². The molecule has 2 aromatic rings. The van der Waals surface area contributed by atoms with Gasteiger partial charge in [-0.3, -0.25) is 9.59 Å². The van der Waals surface area contributed by atoms with Crippen molar-refractivity contribution in [1.82, 2.24) is 10.2 Å². The van der Waals surface area contributed by atoms with Crippen LogP contribution in [0.1, 0.15) is 29.9 Å². The second-order valence-corrected chi connectivity index (χ2v) is 9.04. The minimum absolute atomic E-state index is 0.00699. The van der Waals surface area contributed by atoms with Gasteiger partial charge in [-0.25, -0.2) is 4.79 Å². The van der Waals surface area contributed by atoms with Crippen molar-refractivity contribution >= 4 is 18.0 Å². The van der Waals surface area contributed by atoms with Gasteiger partial charge in [-0.15, -0.1) is 0 Å². The third-order valence-electron chi connectivity index (χ3n) is 7.14. The molecule has 0 spiro atoms. The molecule has 2 aromatic carbocycles. The number of rotatable bonds is 7. The Morgan fingerprint density at radius 1 is 1.06 bits per heavy atom. The lowest BCUT2D eigenvalue weighted by Crippen LogP contribution is -2.46. The Morgan fingerprint density at radius 2 is 1.70 bits per heavy atom. The zero-order valence-corrected chi connectivity index (χ0v) is 18.0. The zero-order chi connectivity index (χ0) is 23.1. The lowest BCUT2D eigenvalue weighted by molar-refractivity contribution is -0.148. The number of carboxylic acids is 1. The van der Waals surface area contributed by atoms with Crippen molar-refractivity contribution in [1.29, 1.82) is 0 Å². The number of hydrogen-bond acceptors (Lipinski definition) is 5. The summed E-state index contributed by atoms with van der Waals surface area (Å²) in [5.74, 6) is -1.70. The van der Waals surface area contributed by atoms with Crippen LogP contribution in [-0.4, -0.2) is 64.9 Å². The first-order valence-corrected chi connectivity index (χ1v) is 11.2. The molecule has 1 saturated carbocycles. The quantitative estimate of drug-likeness (QED) is 0.596. The molecule has 3 fully saturated rings. The Kier molecular flexibility index (Phi) is 5.54. The summed E-state index contributed by atoms with van der Waals surface area (Å²) in [6.45, 7) is 0.474. The highest BCUT2D eigenvalue weighted by molar-refractivity contribution is 5.82. The summed E-state index contributed by atoms with van der Waals surface area (Å²) in [5, 5.41) is 22.0. The normalized spacial score (nSPS) is 23.3. The molecule has 2 heterocycles. The first kappa shape index (κ1) is 21.5. The van der Waals surface area contributed by atoms with Crippen molar-refractivity contribution in [3.63, 3.8) is 0 Å². The summed E-state index contributed by atoms with van der Waals surface area (Å²) < 4.78 is 5.44. The number of aliphatic hydroxyl groups excluding tert-OH is 1. The fourth-order valence-corrected chi connectivity index (χ4v) is 5.51. The molecule has 4 atom stereocenters. The molecule has 8 heteroatoms. The van der Waals surface area contributed by atoms with Crippen molar-refractivity contribution in [2.45, 2.75) is 30.9 Å². The van der Waals surface area contributed by atoms with Crippen LogP contribution in [0.15, 0.2) is 48.5 Å². The molecule has 0 aromatic heterocycles. The third kappa shape index (κ3) is 3.84. The number of amides is 2. The maximum Gasteiger partial charge on any atom is 0.407 e. The number of alkyl carbamates (subject to hydrolysis) is 1. The molecular formula is C25H26N2O6. The van der Waals surface area contributed by atoms with Gasteiger partial charge in [0.15, 0.2) is 0 Å². The van der Waals surface area contributed by atoms with Crippen molar-refractivity contribution in [2.24, 2.45) is 11.8 Å². The number of carboxylic acid groups (broad SMARTS) is 1. The van der Waals surface area contributed by atoms with Crippen LogP contribution in [0, 0.1) is 11.8 Å². The van der Waals surface area contributed by atoms with Gasteiger partial charge in [0.05, 0.1) is 18.4 Å². The molecular weight excluding hydrogens is 424 g/mol. The number of hydrogen-bond donors (Lipinski definition) is 3. The first-order valence-electron chi connectivity index (χ1n) is 11.2. The average Bonchev–Trinajstić information content (AvgIpc) is 3.47. The van der Waals surface area contributed by atoms with Gasteiger partial charge in [-0.1, -0.05) is 48.5 Å². The minimum Gasteiger partial charge on any atom is -0.481 e. The fraction of sp³-hybridized carbons (Fsp3) is 0.400. The Hall–Kier alpha value is -3.39. The van der Waals surface area contributed by atoms with E-state index in [0.29, 0.717) is 13.0 Å². The molecule has 2 bridgehead atoms. The smallest absolute Gasteiger partial charge is 0.407 e. The van der Waals surface area contributed by atoms with Crippen LogP contribution in [0.4, 0.5) is 4.79 Å². The summed E-state index contributed by atoms with van der Waals surface area (Å²) in [4.78, 5) is 37.5. The lowest BCUT2D eigenvalue weighted by Gasteiger charge is -2.33. The Balaban J connectivity index is 1.10. The minimum atomic E-state index is -1.07. The van der Waals surface area contributed by atoms with E-state index in [1.54, 1.807) is 4.90 Å². The fourth-order valence-electron chi connectivity index (χ4n) is 5.51.